The van der Waals surface area contributed by atoms with Gasteiger partial charge in [-0.1, -0.05) is 18.2 Å². The summed E-state index contributed by atoms with van der Waals surface area (Å²) in [6.45, 7) is 2.14. The van der Waals surface area contributed by atoms with E-state index in [-0.39, 0.29) is 12.4 Å². The zero-order valence-electron chi connectivity index (χ0n) is 8.63. The summed E-state index contributed by atoms with van der Waals surface area (Å²) < 4.78 is 5.81. The average Bonchev–Trinajstić information content (AvgIpc) is 2.59. The van der Waals surface area contributed by atoms with E-state index in [2.05, 4.69) is 35.2 Å². The first-order valence-electron chi connectivity index (χ1n) is 5.37. The van der Waals surface area contributed by atoms with Crippen molar-refractivity contribution in [1.82, 2.24) is 0 Å². The number of morpholine rings is 1. The Labute approximate surface area is 96.6 Å². The van der Waals surface area contributed by atoms with Gasteiger partial charge in [-0.2, -0.15) is 0 Å². The van der Waals surface area contributed by atoms with Gasteiger partial charge in [-0.05, 0) is 25.0 Å². The van der Waals surface area contributed by atoms with Crippen LogP contribution in [0.25, 0.3) is 0 Å². The van der Waals surface area contributed by atoms with Gasteiger partial charge >= 0.3 is 0 Å². The fraction of sp³-hybridized carbons (Fsp3) is 0.500. The van der Waals surface area contributed by atoms with Crippen LogP contribution >= 0.6 is 12.4 Å². The van der Waals surface area contributed by atoms with Crippen LogP contribution in [0, 0.1) is 0 Å². The van der Waals surface area contributed by atoms with Crippen LogP contribution in [0.1, 0.15) is 12.8 Å². The zero-order chi connectivity index (χ0) is 9.38. The van der Waals surface area contributed by atoms with E-state index in [1.54, 1.807) is 0 Å². The molecule has 1 aromatic rings. The fourth-order valence-electron chi connectivity index (χ4n) is 2.46. The normalized spacial score (nSPS) is 28.7. The molecule has 0 radical (unpaired) electrons. The number of nitrogens with zero attached hydrogens (tertiary/aromatic N) is 1. The second-order valence-corrected chi connectivity index (χ2v) is 4.20. The predicted molar refractivity (Wildman–Crippen MR) is 63.8 cm³/mol. The zero-order valence-corrected chi connectivity index (χ0v) is 9.45. The molecule has 1 aromatic carbocycles. The second-order valence-electron chi connectivity index (χ2n) is 4.20. The smallest absolute Gasteiger partial charge is 0.0755 e. The number of rotatable bonds is 1. The third-order valence-corrected chi connectivity index (χ3v) is 3.16. The van der Waals surface area contributed by atoms with Crippen LogP contribution in [0.2, 0.25) is 0 Å². The summed E-state index contributed by atoms with van der Waals surface area (Å²) in [5, 5.41) is 0. The Bertz CT molecular complexity index is 305. The Morgan fingerprint density at radius 1 is 1.00 bits per heavy atom. The Morgan fingerprint density at radius 3 is 2.20 bits per heavy atom. The average molecular weight is 226 g/mol. The molecule has 2 aliphatic rings. The highest BCUT2D eigenvalue weighted by atomic mass is 35.5. The van der Waals surface area contributed by atoms with Crippen LogP contribution in [0.4, 0.5) is 5.69 Å². The Kier molecular flexibility index (Phi) is 3.17. The maximum absolute atomic E-state index is 5.81. The summed E-state index contributed by atoms with van der Waals surface area (Å²) in [4.78, 5) is 2.45. The first kappa shape index (κ1) is 10.8. The van der Waals surface area contributed by atoms with Gasteiger partial charge in [-0.3, -0.25) is 0 Å². The van der Waals surface area contributed by atoms with E-state index in [4.69, 9.17) is 4.74 Å². The maximum atomic E-state index is 5.81. The van der Waals surface area contributed by atoms with E-state index in [1.165, 1.54) is 18.5 Å². The molecule has 3 rings (SSSR count). The number of hydrogen-bond donors (Lipinski definition) is 0. The highest BCUT2D eigenvalue weighted by molar-refractivity contribution is 5.85. The molecule has 0 aromatic heterocycles. The van der Waals surface area contributed by atoms with Gasteiger partial charge in [0.1, 0.15) is 0 Å². The molecule has 82 valence electrons. The van der Waals surface area contributed by atoms with Crippen LogP contribution in [-0.4, -0.2) is 25.3 Å². The fourth-order valence-corrected chi connectivity index (χ4v) is 2.46. The maximum Gasteiger partial charge on any atom is 0.0755 e. The van der Waals surface area contributed by atoms with Crippen LogP contribution < -0.4 is 4.90 Å². The Balaban J connectivity index is 0.000000853. The molecule has 0 aliphatic carbocycles. The molecule has 3 heteroatoms. The van der Waals surface area contributed by atoms with E-state index >= 15 is 0 Å². The molecule has 2 nitrogen and oxygen atoms in total. The number of fused-ring (bicyclic) bond motifs is 2. The summed E-state index contributed by atoms with van der Waals surface area (Å²) in [6.07, 6.45) is 3.45. The molecule has 15 heavy (non-hydrogen) atoms. The summed E-state index contributed by atoms with van der Waals surface area (Å²) in [5.41, 5.74) is 1.34. The minimum absolute atomic E-state index is 0. The largest absolute Gasteiger partial charge is 0.371 e. The van der Waals surface area contributed by atoms with Gasteiger partial charge in [-0.25, -0.2) is 0 Å². The highest BCUT2D eigenvalue weighted by Gasteiger charge is 2.33. The second kappa shape index (κ2) is 4.42. The summed E-state index contributed by atoms with van der Waals surface area (Å²) >= 11 is 0. The van der Waals surface area contributed by atoms with Crippen molar-refractivity contribution in [3.05, 3.63) is 30.3 Å². The Hall–Kier alpha value is -0.730. The van der Waals surface area contributed by atoms with E-state index < -0.39 is 0 Å². The van der Waals surface area contributed by atoms with Crippen LogP contribution in [0.5, 0.6) is 0 Å². The van der Waals surface area contributed by atoms with Crippen molar-refractivity contribution in [3.63, 3.8) is 0 Å². The number of ether oxygens (including phenoxy) is 1. The molecule has 2 bridgehead atoms. The topological polar surface area (TPSA) is 12.5 Å². The van der Waals surface area contributed by atoms with Gasteiger partial charge in [0.2, 0.25) is 0 Å². The van der Waals surface area contributed by atoms with E-state index in [0.717, 1.165) is 13.1 Å². The van der Waals surface area contributed by atoms with Gasteiger partial charge in [0.25, 0.3) is 0 Å². The van der Waals surface area contributed by atoms with E-state index in [0.29, 0.717) is 12.2 Å². The Morgan fingerprint density at radius 2 is 1.60 bits per heavy atom. The molecular weight excluding hydrogens is 210 g/mol. The minimum Gasteiger partial charge on any atom is -0.371 e. The standard InChI is InChI=1S/C12H15NO.ClH/c1-2-4-10(5-3-1)13-8-11-6-7-12(9-13)14-11;/h1-5,11-12H,6-9H2;1H. The van der Waals surface area contributed by atoms with Crippen LogP contribution in [0.15, 0.2) is 30.3 Å². The van der Waals surface area contributed by atoms with Gasteiger partial charge in [0.05, 0.1) is 12.2 Å². The van der Waals surface area contributed by atoms with Crippen molar-refractivity contribution in [2.24, 2.45) is 0 Å². The molecule has 2 heterocycles. The van der Waals surface area contributed by atoms with Gasteiger partial charge in [0, 0.05) is 18.8 Å². The summed E-state index contributed by atoms with van der Waals surface area (Å²) in [5.74, 6) is 0. The van der Waals surface area contributed by atoms with E-state index in [1.807, 2.05) is 0 Å². The lowest BCUT2D eigenvalue weighted by Crippen LogP contribution is -2.42. The number of hydrogen-bond acceptors (Lipinski definition) is 2. The first-order valence-corrected chi connectivity index (χ1v) is 5.37. The third kappa shape index (κ3) is 2.11. The monoisotopic (exact) mass is 225 g/mol. The van der Waals surface area contributed by atoms with E-state index in [9.17, 15) is 0 Å². The SMILES string of the molecule is Cl.c1ccc(N2CC3CCC(C2)O3)cc1. The summed E-state index contributed by atoms with van der Waals surface area (Å²) in [6, 6.07) is 10.6. The lowest BCUT2D eigenvalue weighted by Gasteiger charge is -2.33. The molecular formula is C12H16ClNO. The molecule has 2 fully saturated rings. The van der Waals surface area contributed by atoms with Crippen LogP contribution in [-0.2, 0) is 4.74 Å². The predicted octanol–water partition coefficient (Wildman–Crippen LogP) is 2.48. The molecule has 0 spiro atoms. The lowest BCUT2D eigenvalue weighted by molar-refractivity contribution is 0.0305. The van der Waals surface area contributed by atoms with Gasteiger partial charge in [0.15, 0.2) is 0 Å². The van der Waals surface area contributed by atoms with Crippen molar-refractivity contribution >= 4 is 18.1 Å². The van der Waals surface area contributed by atoms with Crippen molar-refractivity contribution in [2.45, 2.75) is 25.0 Å². The van der Waals surface area contributed by atoms with Gasteiger partial charge in [-0.15, -0.1) is 12.4 Å². The number of para-hydroxylation sites is 1. The quantitative estimate of drug-likeness (QED) is 0.728. The number of benzene rings is 1. The molecule has 0 N–H and O–H groups in total. The summed E-state index contributed by atoms with van der Waals surface area (Å²) in [7, 11) is 0. The molecule has 2 unspecified atom stereocenters. The molecule has 0 amide bonds. The van der Waals surface area contributed by atoms with Crippen LogP contribution in [0.3, 0.4) is 0 Å². The molecule has 0 saturated carbocycles. The van der Waals surface area contributed by atoms with Crippen molar-refractivity contribution in [3.8, 4) is 0 Å². The number of anilines is 1. The third-order valence-electron chi connectivity index (χ3n) is 3.16. The lowest BCUT2D eigenvalue weighted by atomic mass is 10.2. The van der Waals surface area contributed by atoms with Crippen molar-refractivity contribution in [1.29, 1.82) is 0 Å². The van der Waals surface area contributed by atoms with Crippen molar-refractivity contribution in [2.75, 3.05) is 18.0 Å². The highest BCUT2D eigenvalue weighted by Crippen LogP contribution is 2.29. The molecule has 2 saturated heterocycles. The minimum atomic E-state index is 0. The molecule has 2 atom stereocenters. The first-order chi connectivity index (χ1) is 6.92. The number of halogens is 1. The molecule has 2 aliphatic heterocycles. The van der Waals surface area contributed by atoms with Crippen molar-refractivity contribution < 1.29 is 4.74 Å². The van der Waals surface area contributed by atoms with Gasteiger partial charge < -0.3 is 9.64 Å².